The molecule has 0 aliphatic carbocycles. The van der Waals surface area contributed by atoms with E-state index in [1.165, 1.54) is 16.4 Å². The molecule has 1 aromatic heterocycles. The quantitative estimate of drug-likeness (QED) is 0.522. The molecule has 1 saturated heterocycles. The van der Waals surface area contributed by atoms with Gasteiger partial charge in [-0.3, -0.25) is 4.79 Å². The smallest absolute Gasteiger partial charge is 0.248 e. The van der Waals surface area contributed by atoms with Crippen molar-refractivity contribution in [3.63, 3.8) is 0 Å². The van der Waals surface area contributed by atoms with Gasteiger partial charge in [0.15, 0.2) is 5.76 Å². The number of benzene rings is 1. The molecule has 2 heterocycles. The Morgan fingerprint density at radius 3 is 2.59 bits per heavy atom. The Morgan fingerprint density at radius 1 is 1.25 bits per heavy atom. The van der Waals surface area contributed by atoms with Gasteiger partial charge in [-0.25, -0.2) is 12.8 Å². The zero-order chi connectivity index (χ0) is 23.3. The lowest BCUT2D eigenvalue weighted by Crippen LogP contribution is -2.46. The summed E-state index contributed by atoms with van der Waals surface area (Å²) in [5.41, 5.74) is 1.18. The SMILES string of the molecule is CCCCCN(Cc1ccc(F)cc1)C(=O)C1CCCN(S(=O)(=O)c2c(C)noc2C)C1. The molecule has 1 aromatic carbocycles. The van der Waals surface area contributed by atoms with E-state index < -0.39 is 15.9 Å². The molecule has 0 bridgehead atoms. The van der Waals surface area contributed by atoms with Gasteiger partial charge in [-0.2, -0.15) is 4.31 Å². The van der Waals surface area contributed by atoms with E-state index in [1.54, 1.807) is 30.9 Å². The van der Waals surface area contributed by atoms with Crippen molar-refractivity contribution >= 4 is 15.9 Å². The average Bonchev–Trinajstić information content (AvgIpc) is 3.13. The maximum absolute atomic E-state index is 13.5. The van der Waals surface area contributed by atoms with E-state index in [4.69, 9.17) is 4.52 Å². The molecule has 9 heteroatoms. The summed E-state index contributed by atoms with van der Waals surface area (Å²) in [6.45, 7) is 6.77. The number of carbonyl (C=O) groups is 1. The van der Waals surface area contributed by atoms with Crippen LogP contribution in [0.4, 0.5) is 4.39 Å². The number of aromatic nitrogens is 1. The largest absolute Gasteiger partial charge is 0.360 e. The monoisotopic (exact) mass is 465 g/mol. The predicted octanol–water partition coefficient (Wildman–Crippen LogP) is 4.05. The summed E-state index contributed by atoms with van der Waals surface area (Å²) in [5, 5.41) is 3.77. The minimum atomic E-state index is -3.79. The number of halogens is 1. The van der Waals surface area contributed by atoms with E-state index in [2.05, 4.69) is 12.1 Å². The van der Waals surface area contributed by atoms with Crippen molar-refractivity contribution < 1.29 is 22.1 Å². The molecular formula is C23H32FN3O4S. The van der Waals surface area contributed by atoms with Crippen LogP contribution < -0.4 is 0 Å². The Hall–Kier alpha value is -2.26. The van der Waals surface area contributed by atoms with Crippen LogP contribution in [-0.4, -0.2) is 48.3 Å². The molecule has 0 saturated carbocycles. The first-order valence-electron chi connectivity index (χ1n) is 11.2. The predicted molar refractivity (Wildman–Crippen MR) is 119 cm³/mol. The van der Waals surface area contributed by atoms with E-state index in [0.29, 0.717) is 38.2 Å². The highest BCUT2D eigenvalue weighted by atomic mass is 32.2. The molecule has 1 aliphatic heterocycles. The van der Waals surface area contributed by atoms with Gasteiger partial charge in [0.2, 0.25) is 15.9 Å². The molecule has 1 aliphatic rings. The molecule has 7 nitrogen and oxygen atoms in total. The second-order valence-corrected chi connectivity index (χ2v) is 10.3. The Kier molecular flexibility index (Phi) is 8.05. The summed E-state index contributed by atoms with van der Waals surface area (Å²) >= 11 is 0. The van der Waals surface area contributed by atoms with E-state index in [-0.39, 0.29) is 28.9 Å². The fourth-order valence-corrected chi connectivity index (χ4v) is 6.04. The summed E-state index contributed by atoms with van der Waals surface area (Å²) in [6, 6.07) is 6.15. The van der Waals surface area contributed by atoms with Gasteiger partial charge in [-0.1, -0.05) is 37.1 Å². The number of carbonyl (C=O) groups excluding carboxylic acids is 1. The maximum Gasteiger partial charge on any atom is 0.248 e. The summed E-state index contributed by atoms with van der Waals surface area (Å²) in [7, 11) is -3.79. The molecule has 1 amide bonds. The van der Waals surface area contributed by atoms with Crippen molar-refractivity contribution in [1.82, 2.24) is 14.4 Å². The third kappa shape index (κ3) is 5.56. The van der Waals surface area contributed by atoms with Crippen molar-refractivity contribution in [3.8, 4) is 0 Å². The molecule has 1 fully saturated rings. The van der Waals surface area contributed by atoms with Crippen LogP contribution in [0.3, 0.4) is 0 Å². The second-order valence-electron chi connectivity index (χ2n) is 8.45. The zero-order valence-electron chi connectivity index (χ0n) is 19.0. The Balaban J connectivity index is 1.77. The van der Waals surface area contributed by atoms with Crippen LogP contribution in [0, 0.1) is 25.6 Å². The summed E-state index contributed by atoms with van der Waals surface area (Å²) in [5.74, 6) is -0.524. The molecule has 0 spiro atoms. The number of hydrogen-bond donors (Lipinski definition) is 0. The summed E-state index contributed by atoms with van der Waals surface area (Å²) in [6.07, 6.45) is 4.16. The molecule has 32 heavy (non-hydrogen) atoms. The number of amides is 1. The molecule has 1 atom stereocenters. The topological polar surface area (TPSA) is 83.7 Å². The van der Waals surface area contributed by atoms with Crippen LogP contribution in [0.2, 0.25) is 0 Å². The number of piperidine rings is 1. The minimum Gasteiger partial charge on any atom is -0.360 e. The standard InChI is InChI=1S/C23H32FN3O4S/c1-4-5-6-13-26(15-19-9-11-21(24)12-10-19)23(28)20-8-7-14-27(16-20)32(29,30)22-17(2)25-31-18(22)3/h9-12,20H,4-8,13-16H2,1-3H3. The van der Waals surface area contributed by atoms with Gasteiger partial charge in [0.25, 0.3) is 0 Å². The molecule has 3 rings (SSSR count). The Morgan fingerprint density at radius 2 is 1.97 bits per heavy atom. The minimum absolute atomic E-state index is 0.0518. The zero-order valence-corrected chi connectivity index (χ0v) is 19.8. The molecule has 0 N–H and O–H groups in total. The van der Waals surface area contributed by atoms with E-state index in [0.717, 1.165) is 24.8 Å². The van der Waals surface area contributed by atoms with Gasteiger partial charge in [0.05, 0.1) is 5.92 Å². The van der Waals surface area contributed by atoms with Crippen LogP contribution in [0.1, 0.15) is 56.0 Å². The van der Waals surface area contributed by atoms with Crippen molar-refractivity contribution in [2.75, 3.05) is 19.6 Å². The molecule has 2 aromatic rings. The van der Waals surface area contributed by atoms with Crippen LogP contribution in [0.15, 0.2) is 33.7 Å². The molecular weight excluding hydrogens is 433 g/mol. The molecule has 176 valence electrons. The van der Waals surface area contributed by atoms with Gasteiger partial charge in [0.1, 0.15) is 16.4 Å². The van der Waals surface area contributed by atoms with Crippen LogP contribution >= 0.6 is 0 Å². The van der Waals surface area contributed by atoms with Crippen molar-refractivity contribution in [1.29, 1.82) is 0 Å². The third-order valence-corrected chi connectivity index (χ3v) is 8.04. The summed E-state index contributed by atoms with van der Waals surface area (Å²) in [4.78, 5) is 15.3. The van der Waals surface area contributed by atoms with Gasteiger partial charge >= 0.3 is 0 Å². The van der Waals surface area contributed by atoms with E-state index in [1.807, 2.05) is 0 Å². The van der Waals surface area contributed by atoms with Crippen molar-refractivity contribution in [3.05, 3.63) is 47.1 Å². The first-order chi connectivity index (χ1) is 15.2. The maximum atomic E-state index is 13.5. The van der Waals surface area contributed by atoms with Gasteiger partial charge < -0.3 is 9.42 Å². The van der Waals surface area contributed by atoms with Gasteiger partial charge in [-0.05, 0) is 50.8 Å². The first-order valence-corrected chi connectivity index (χ1v) is 12.6. The highest BCUT2D eigenvalue weighted by Crippen LogP contribution is 2.29. The average molecular weight is 466 g/mol. The molecule has 1 unspecified atom stereocenters. The highest BCUT2D eigenvalue weighted by Gasteiger charge is 2.37. The number of unbranched alkanes of at least 4 members (excludes halogenated alkanes) is 2. The normalized spacial score (nSPS) is 17.4. The number of rotatable bonds is 9. The fourth-order valence-electron chi connectivity index (χ4n) is 4.22. The lowest BCUT2D eigenvalue weighted by atomic mass is 9.97. The van der Waals surface area contributed by atoms with Gasteiger partial charge in [-0.15, -0.1) is 0 Å². The second kappa shape index (κ2) is 10.6. The van der Waals surface area contributed by atoms with Gasteiger partial charge in [0, 0.05) is 26.2 Å². The van der Waals surface area contributed by atoms with Crippen molar-refractivity contribution in [2.45, 2.75) is 64.3 Å². The van der Waals surface area contributed by atoms with Crippen LogP contribution in [-0.2, 0) is 21.4 Å². The van der Waals surface area contributed by atoms with Crippen LogP contribution in [0.25, 0.3) is 0 Å². The third-order valence-electron chi connectivity index (χ3n) is 5.93. The summed E-state index contributed by atoms with van der Waals surface area (Å²) < 4.78 is 46.2. The fraction of sp³-hybridized carbons (Fsp3) is 0.565. The Bertz CT molecular complexity index is 1000. The lowest BCUT2D eigenvalue weighted by molar-refractivity contribution is -0.137. The van der Waals surface area contributed by atoms with E-state index in [9.17, 15) is 17.6 Å². The Labute approximate surface area is 189 Å². The van der Waals surface area contributed by atoms with Crippen LogP contribution in [0.5, 0.6) is 0 Å². The van der Waals surface area contributed by atoms with Crippen molar-refractivity contribution in [2.24, 2.45) is 5.92 Å². The van der Waals surface area contributed by atoms with E-state index >= 15 is 0 Å². The lowest BCUT2D eigenvalue weighted by Gasteiger charge is -2.34. The highest BCUT2D eigenvalue weighted by molar-refractivity contribution is 7.89. The number of nitrogens with zero attached hydrogens (tertiary/aromatic N) is 3. The number of sulfonamides is 1. The first kappa shape index (κ1) is 24.4. The number of aryl methyl sites for hydroxylation is 2. The molecule has 0 radical (unpaired) electrons. The number of hydrogen-bond acceptors (Lipinski definition) is 5.